The van der Waals surface area contributed by atoms with Crippen LogP contribution in [0.15, 0.2) is 0 Å². The van der Waals surface area contributed by atoms with Crippen LogP contribution in [0.1, 0.15) is 45.4 Å². The van der Waals surface area contributed by atoms with Crippen molar-refractivity contribution in [2.24, 2.45) is 5.92 Å². The van der Waals surface area contributed by atoms with Crippen LogP contribution in [0.5, 0.6) is 0 Å². The lowest BCUT2D eigenvalue weighted by atomic mass is 9.77. The van der Waals surface area contributed by atoms with E-state index < -0.39 is 15.4 Å². The smallest absolute Gasteiger partial charge is 0.150 e. The van der Waals surface area contributed by atoms with E-state index in [9.17, 15) is 13.5 Å². The van der Waals surface area contributed by atoms with Crippen molar-refractivity contribution in [3.8, 4) is 0 Å². The van der Waals surface area contributed by atoms with Crippen molar-refractivity contribution in [3.05, 3.63) is 0 Å². The Kier molecular flexibility index (Phi) is 4.04. The van der Waals surface area contributed by atoms with Crippen molar-refractivity contribution in [2.75, 3.05) is 12.8 Å². The highest BCUT2D eigenvalue weighted by Crippen LogP contribution is 2.35. The van der Waals surface area contributed by atoms with Gasteiger partial charge in [0.2, 0.25) is 0 Å². The predicted octanol–water partition coefficient (Wildman–Crippen LogP) is 1.09. The Hall–Kier alpha value is -0.130. The molecule has 2 aliphatic rings. The monoisotopic (exact) mass is 275 g/mol. The molecule has 2 rings (SSSR count). The Morgan fingerprint density at radius 3 is 2.50 bits per heavy atom. The van der Waals surface area contributed by atoms with E-state index in [2.05, 4.69) is 5.32 Å². The molecule has 0 aromatic rings. The van der Waals surface area contributed by atoms with Gasteiger partial charge in [-0.05, 0) is 44.9 Å². The fourth-order valence-corrected chi connectivity index (χ4v) is 4.06. The molecule has 0 heterocycles. The van der Waals surface area contributed by atoms with Crippen LogP contribution >= 0.6 is 0 Å². The lowest BCUT2D eigenvalue weighted by Gasteiger charge is -2.38. The molecule has 2 fully saturated rings. The highest BCUT2D eigenvalue weighted by Gasteiger charge is 2.39. The van der Waals surface area contributed by atoms with E-state index in [1.165, 1.54) is 19.1 Å². The molecule has 2 aliphatic carbocycles. The van der Waals surface area contributed by atoms with Gasteiger partial charge in [0.25, 0.3) is 0 Å². The zero-order valence-corrected chi connectivity index (χ0v) is 12.2. The number of sulfone groups is 1. The maximum Gasteiger partial charge on any atom is 0.150 e. The van der Waals surface area contributed by atoms with E-state index in [-0.39, 0.29) is 11.2 Å². The molecule has 18 heavy (non-hydrogen) atoms. The molecular weight excluding hydrogens is 250 g/mol. The van der Waals surface area contributed by atoms with Gasteiger partial charge in [-0.25, -0.2) is 8.42 Å². The number of rotatable bonds is 5. The van der Waals surface area contributed by atoms with Crippen LogP contribution in [0.2, 0.25) is 0 Å². The molecule has 0 aliphatic heterocycles. The van der Waals surface area contributed by atoms with E-state index >= 15 is 0 Å². The molecule has 0 radical (unpaired) electrons. The second kappa shape index (κ2) is 5.10. The summed E-state index contributed by atoms with van der Waals surface area (Å²) in [6, 6.07) is 0.575. The van der Waals surface area contributed by atoms with Crippen LogP contribution < -0.4 is 5.32 Å². The first-order chi connectivity index (χ1) is 8.29. The van der Waals surface area contributed by atoms with Crippen LogP contribution in [0.3, 0.4) is 0 Å². The molecule has 0 spiro atoms. The molecule has 2 saturated carbocycles. The lowest BCUT2D eigenvalue weighted by molar-refractivity contribution is -0.0148. The van der Waals surface area contributed by atoms with Crippen LogP contribution in [-0.4, -0.2) is 43.2 Å². The summed E-state index contributed by atoms with van der Waals surface area (Å²) in [6.07, 6.45) is 6.92. The van der Waals surface area contributed by atoms with Crippen molar-refractivity contribution in [3.63, 3.8) is 0 Å². The van der Waals surface area contributed by atoms with Crippen LogP contribution in [0, 0.1) is 5.92 Å². The standard InChI is InChI=1S/C13H25NO3S/c1-13(15,9-14-11-6-7-11)10-4-3-5-12(8-10)18(2,16)17/h10-12,14-15H,3-9H2,1-2H3. The third kappa shape index (κ3) is 3.68. The number of aliphatic hydroxyl groups is 1. The zero-order valence-electron chi connectivity index (χ0n) is 11.4. The second-order valence-electron chi connectivity index (χ2n) is 6.33. The maximum absolute atomic E-state index is 11.6. The number of nitrogens with one attached hydrogen (secondary N) is 1. The molecule has 0 bridgehead atoms. The van der Waals surface area contributed by atoms with Gasteiger partial charge in [-0.3, -0.25) is 0 Å². The minimum atomic E-state index is -2.97. The van der Waals surface area contributed by atoms with Gasteiger partial charge in [-0.2, -0.15) is 0 Å². The quantitative estimate of drug-likeness (QED) is 0.788. The number of hydrogen-bond acceptors (Lipinski definition) is 4. The third-order valence-corrected chi connectivity index (χ3v) is 6.08. The van der Waals surface area contributed by atoms with Gasteiger partial charge in [0.1, 0.15) is 9.84 Å². The summed E-state index contributed by atoms with van der Waals surface area (Å²) in [5.74, 6) is 0.0947. The van der Waals surface area contributed by atoms with E-state index in [0.717, 1.165) is 19.3 Å². The fourth-order valence-electron chi connectivity index (χ4n) is 2.88. The first-order valence-corrected chi connectivity index (χ1v) is 8.89. The van der Waals surface area contributed by atoms with Crippen molar-refractivity contribution >= 4 is 9.84 Å². The molecule has 2 N–H and O–H groups in total. The summed E-state index contributed by atoms with van der Waals surface area (Å²) in [5.41, 5.74) is -0.786. The van der Waals surface area contributed by atoms with Gasteiger partial charge < -0.3 is 10.4 Å². The summed E-state index contributed by atoms with van der Waals surface area (Å²) < 4.78 is 23.3. The Labute approximate surface area is 110 Å². The molecule has 0 saturated heterocycles. The lowest BCUT2D eigenvalue weighted by Crippen LogP contribution is -2.47. The van der Waals surface area contributed by atoms with Crippen molar-refractivity contribution in [1.29, 1.82) is 0 Å². The molecule has 5 heteroatoms. The Morgan fingerprint density at radius 1 is 1.28 bits per heavy atom. The second-order valence-corrected chi connectivity index (χ2v) is 8.65. The minimum Gasteiger partial charge on any atom is -0.389 e. The largest absolute Gasteiger partial charge is 0.389 e. The molecule has 106 valence electrons. The van der Waals surface area contributed by atoms with E-state index in [4.69, 9.17) is 0 Å². The maximum atomic E-state index is 11.6. The average molecular weight is 275 g/mol. The van der Waals surface area contributed by atoms with Gasteiger partial charge in [0.15, 0.2) is 0 Å². The van der Waals surface area contributed by atoms with E-state index in [1.54, 1.807) is 0 Å². The minimum absolute atomic E-state index is 0.0947. The van der Waals surface area contributed by atoms with Gasteiger partial charge >= 0.3 is 0 Å². The van der Waals surface area contributed by atoms with Crippen molar-refractivity contribution in [2.45, 2.75) is 62.3 Å². The van der Waals surface area contributed by atoms with Gasteiger partial charge in [-0.1, -0.05) is 6.42 Å². The van der Waals surface area contributed by atoms with Crippen LogP contribution in [0.25, 0.3) is 0 Å². The Morgan fingerprint density at radius 2 is 1.94 bits per heavy atom. The molecule has 0 amide bonds. The molecule has 0 aromatic heterocycles. The summed E-state index contributed by atoms with van der Waals surface area (Å²) in [5, 5.41) is 13.6. The Bertz CT molecular complexity index is 387. The summed E-state index contributed by atoms with van der Waals surface area (Å²) >= 11 is 0. The summed E-state index contributed by atoms with van der Waals surface area (Å²) in [7, 11) is -2.97. The average Bonchev–Trinajstić information content (AvgIpc) is 3.09. The first-order valence-electron chi connectivity index (χ1n) is 6.93. The Balaban J connectivity index is 1.93. The van der Waals surface area contributed by atoms with Crippen molar-refractivity contribution < 1.29 is 13.5 Å². The zero-order chi connectivity index (χ0) is 13.4. The molecule has 3 atom stereocenters. The molecule has 0 aromatic carbocycles. The van der Waals surface area contributed by atoms with Gasteiger partial charge in [-0.15, -0.1) is 0 Å². The third-order valence-electron chi connectivity index (χ3n) is 4.44. The van der Waals surface area contributed by atoms with Gasteiger partial charge in [0.05, 0.1) is 10.9 Å². The highest BCUT2D eigenvalue weighted by molar-refractivity contribution is 7.91. The van der Waals surface area contributed by atoms with E-state index in [0.29, 0.717) is 19.0 Å². The predicted molar refractivity (Wildman–Crippen MR) is 72.2 cm³/mol. The molecule has 3 unspecified atom stereocenters. The highest BCUT2D eigenvalue weighted by atomic mass is 32.2. The van der Waals surface area contributed by atoms with Crippen molar-refractivity contribution in [1.82, 2.24) is 5.32 Å². The van der Waals surface area contributed by atoms with Crippen LogP contribution in [0.4, 0.5) is 0 Å². The molecular formula is C13H25NO3S. The van der Waals surface area contributed by atoms with Crippen LogP contribution in [-0.2, 0) is 9.84 Å². The molecule has 4 nitrogen and oxygen atoms in total. The van der Waals surface area contributed by atoms with E-state index in [1.807, 2.05) is 6.92 Å². The SMILES string of the molecule is CC(O)(CNC1CC1)C1CCCC(S(C)(=O)=O)C1. The number of hydrogen-bond donors (Lipinski definition) is 2. The fraction of sp³-hybridized carbons (Fsp3) is 1.00. The summed E-state index contributed by atoms with van der Waals surface area (Å²) in [4.78, 5) is 0. The summed E-state index contributed by atoms with van der Waals surface area (Å²) in [6.45, 7) is 2.43. The topological polar surface area (TPSA) is 66.4 Å². The normalized spacial score (nSPS) is 33.1. The van der Waals surface area contributed by atoms with Gasteiger partial charge in [0, 0.05) is 18.8 Å². The first kappa shape index (κ1) is 14.3.